The molecule has 2 rings (SSSR count). The molecule has 0 aromatic heterocycles. The van der Waals surface area contributed by atoms with E-state index >= 15 is 0 Å². The van der Waals surface area contributed by atoms with Crippen molar-refractivity contribution >= 4 is 7.85 Å². The molecule has 0 aliphatic heterocycles. The summed E-state index contributed by atoms with van der Waals surface area (Å²) in [4.78, 5) is 0. The molecular formula is C23H43B. The van der Waals surface area contributed by atoms with Crippen molar-refractivity contribution in [3.63, 3.8) is 0 Å². The standard InChI is InChI=1S/C23H43B/c1-20(2,3)18-15-19(21(4,5)6)17-13-12-16(18)11-10-14-23(17,24)22(7,8)9/h16-19H,10-15H2,1-9H3. The topological polar surface area (TPSA) is 0 Å². The maximum absolute atomic E-state index is 7.30. The molecule has 0 amide bonds. The summed E-state index contributed by atoms with van der Waals surface area (Å²) < 4.78 is 0. The van der Waals surface area contributed by atoms with Gasteiger partial charge in [0.2, 0.25) is 0 Å². The van der Waals surface area contributed by atoms with Crippen molar-refractivity contribution in [1.29, 1.82) is 0 Å². The van der Waals surface area contributed by atoms with Gasteiger partial charge in [-0.05, 0) is 52.8 Å². The summed E-state index contributed by atoms with van der Waals surface area (Å²) in [7, 11) is 7.30. The van der Waals surface area contributed by atoms with Gasteiger partial charge in [0.25, 0.3) is 0 Å². The van der Waals surface area contributed by atoms with Crippen LogP contribution in [-0.2, 0) is 0 Å². The van der Waals surface area contributed by atoms with Gasteiger partial charge in [-0.25, -0.2) is 0 Å². The van der Waals surface area contributed by atoms with E-state index in [1.165, 1.54) is 38.5 Å². The van der Waals surface area contributed by atoms with Crippen LogP contribution in [-0.4, -0.2) is 7.85 Å². The minimum Gasteiger partial charge on any atom is -0.0603 e. The second kappa shape index (κ2) is 6.35. The fourth-order valence-electron chi connectivity index (χ4n) is 6.18. The van der Waals surface area contributed by atoms with Gasteiger partial charge < -0.3 is 0 Å². The number of hydrogen-bond acceptors (Lipinski definition) is 0. The monoisotopic (exact) mass is 330 g/mol. The molecule has 0 heterocycles. The molecule has 2 saturated carbocycles. The van der Waals surface area contributed by atoms with E-state index in [-0.39, 0.29) is 10.7 Å². The minimum absolute atomic E-state index is 0.0251. The summed E-state index contributed by atoms with van der Waals surface area (Å²) in [5.41, 5.74) is 0.922. The quantitative estimate of drug-likeness (QED) is 0.409. The second-order valence-corrected chi connectivity index (χ2v) is 12.3. The summed E-state index contributed by atoms with van der Waals surface area (Å²) in [6.45, 7) is 22.0. The van der Waals surface area contributed by atoms with Crippen LogP contribution < -0.4 is 0 Å². The van der Waals surface area contributed by atoms with Gasteiger partial charge in [0.15, 0.2) is 0 Å². The Balaban J connectivity index is 2.53. The number of rotatable bonds is 0. The summed E-state index contributed by atoms with van der Waals surface area (Å²) >= 11 is 0. The van der Waals surface area contributed by atoms with Crippen LogP contribution >= 0.6 is 0 Å². The van der Waals surface area contributed by atoms with Crippen LogP contribution in [0.25, 0.3) is 0 Å². The van der Waals surface area contributed by atoms with Gasteiger partial charge in [-0.3, -0.25) is 0 Å². The molecule has 138 valence electrons. The molecular weight excluding hydrogens is 287 g/mol. The molecule has 5 unspecified atom stereocenters. The fourth-order valence-corrected chi connectivity index (χ4v) is 6.18. The Morgan fingerprint density at radius 3 is 1.75 bits per heavy atom. The molecule has 0 spiro atoms. The number of hydrogen-bond donors (Lipinski definition) is 0. The lowest BCUT2D eigenvalue weighted by Gasteiger charge is -2.54. The van der Waals surface area contributed by atoms with Gasteiger partial charge in [0.1, 0.15) is 0 Å². The van der Waals surface area contributed by atoms with E-state index in [9.17, 15) is 0 Å². The van der Waals surface area contributed by atoms with Crippen LogP contribution in [0.4, 0.5) is 0 Å². The first kappa shape index (κ1) is 20.4. The van der Waals surface area contributed by atoms with Crippen molar-refractivity contribution in [2.45, 2.75) is 106 Å². The highest BCUT2D eigenvalue weighted by Gasteiger charge is 2.52. The largest absolute Gasteiger partial charge is 0.0757 e. The van der Waals surface area contributed by atoms with Crippen molar-refractivity contribution in [3.8, 4) is 0 Å². The average Bonchev–Trinajstić information content (AvgIpc) is 2.50. The Bertz CT molecular complexity index is 430. The van der Waals surface area contributed by atoms with Crippen LogP contribution in [0.2, 0.25) is 5.31 Å². The molecule has 0 aromatic carbocycles. The summed E-state index contributed by atoms with van der Waals surface area (Å²) in [5.74, 6) is 3.14. The fraction of sp³-hybridized carbons (Fsp3) is 1.00. The van der Waals surface area contributed by atoms with Crippen LogP contribution in [0, 0.1) is 39.9 Å². The first-order valence-electron chi connectivity index (χ1n) is 10.5. The molecule has 2 radical (unpaired) electrons. The predicted octanol–water partition coefficient (Wildman–Crippen LogP) is 7.28. The van der Waals surface area contributed by atoms with E-state index in [1.54, 1.807) is 0 Å². The Hall–Kier alpha value is 0.0649. The molecule has 2 bridgehead atoms. The zero-order chi connectivity index (χ0) is 18.6. The Morgan fingerprint density at radius 2 is 1.29 bits per heavy atom. The van der Waals surface area contributed by atoms with Gasteiger partial charge in [-0.15, -0.1) is 0 Å². The third kappa shape index (κ3) is 3.75. The Labute approximate surface area is 154 Å². The zero-order valence-corrected chi connectivity index (χ0v) is 18.1. The molecule has 2 aliphatic carbocycles. The number of fused-ring (bicyclic) bond motifs is 3. The highest BCUT2D eigenvalue weighted by Crippen LogP contribution is 2.64. The van der Waals surface area contributed by atoms with Crippen LogP contribution in [0.1, 0.15) is 101 Å². The van der Waals surface area contributed by atoms with Gasteiger partial charge in [-0.1, -0.05) is 93.3 Å². The molecule has 2 fully saturated rings. The van der Waals surface area contributed by atoms with E-state index in [0.717, 1.165) is 17.8 Å². The molecule has 1 heteroatoms. The summed E-state index contributed by atoms with van der Waals surface area (Å²) in [5, 5.41) is -0.0251. The summed E-state index contributed by atoms with van der Waals surface area (Å²) in [6, 6.07) is 0. The molecule has 5 atom stereocenters. The van der Waals surface area contributed by atoms with Crippen molar-refractivity contribution in [2.24, 2.45) is 39.9 Å². The van der Waals surface area contributed by atoms with Gasteiger partial charge in [0, 0.05) is 0 Å². The first-order chi connectivity index (χ1) is 10.7. The Kier molecular flexibility index (Phi) is 5.39. The zero-order valence-electron chi connectivity index (χ0n) is 18.1. The SMILES string of the molecule is [B]C1(C(C)(C)C)CCCC2CCC1C(C(C)(C)C)CC2C(C)(C)C. The third-order valence-corrected chi connectivity index (χ3v) is 7.86. The second-order valence-electron chi connectivity index (χ2n) is 12.3. The highest BCUT2D eigenvalue weighted by molar-refractivity contribution is 6.16. The smallest absolute Gasteiger partial charge is 0.0603 e. The lowest BCUT2D eigenvalue weighted by Crippen LogP contribution is -2.43. The van der Waals surface area contributed by atoms with Crippen LogP contribution in [0.15, 0.2) is 0 Å². The maximum Gasteiger partial charge on any atom is 0.0757 e. The normalized spacial score (nSPS) is 39.2. The average molecular weight is 330 g/mol. The maximum atomic E-state index is 7.30. The molecule has 0 aromatic rings. The Morgan fingerprint density at radius 1 is 0.750 bits per heavy atom. The van der Waals surface area contributed by atoms with Gasteiger partial charge in [0.05, 0.1) is 7.85 Å². The van der Waals surface area contributed by atoms with E-state index in [2.05, 4.69) is 62.3 Å². The first-order valence-corrected chi connectivity index (χ1v) is 10.5. The predicted molar refractivity (Wildman–Crippen MR) is 108 cm³/mol. The molecule has 0 saturated heterocycles. The highest BCUT2D eigenvalue weighted by atomic mass is 14.6. The van der Waals surface area contributed by atoms with E-state index < -0.39 is 0 Å². The minimum atomic E-state index is -0.0251. The van der Waals surface area contributed by atoms with Crippen LogP contribution in [0.3, 0.4) is 0 Å². The molecule has 2 aliphatic rings. The van der Waals surface area contributed by atoms with E-state index in [4.69, 9.17) is 7.85 Å². The van der Waals surface area contributed by atoms with Crippen molar-refractivity contribution in [2.75, 3.05) is 0 Å². The molecule has 0 nitrogen and oxygen atoms in total. The van der Waals surface area contributed by atoms with Crippen molar-refractivity contribution in [1.82, 2.24) is 0 Å². The third-order valence-electron chi connectivity index (χ3n) is 7.86. The lowest BCUT2D eigenvalue weighted by molar-refractivity contribution is 0.0403. The van der Waals surface area contributed by atoms with Crippen molar-refractivity contribution < 1.29 is 0 Å². The molecule has 0 N–H and O–H groups in total. The van der Waals surface area contributed by atoms with Crippen molar-refractivity contribution in [3.05, 3.63) is 0 Å². The van der Waals surface area contributed by atoms with Gasteiger partial charge in [-0.2, -0.15) is 0 Å². The van der Waals surface area contributed by atoms with Gasteiger partial charge >= 0.3 is 0 Å². The lowest BCUT2D eigenvalue weighted by atomic mass is 9.42. The van der Waals surface area contributed by atoms with Crippen LogP contribution in [0.5, 0.6) is 0 Å². The summed E-state index contributed by atoms with van der Waals surface area (Å²) in [6.07, 6.45) is 8.03. The van der Waals surface area contributed by atoms with E-state index in [0.29, 0.717) is 16.7 Å². The van der Waals surface area contributed by atoms with E-state index in [1.807, 2.05) is 0 Å². The molecule has 24 heavy (non-hydrogen) atoms.